The Morgan fingerprint density at radius 3 is 1.56 bits per heavy atom. The van der Waals surface area contributed by atoms with E-state index in [1.54, 1.807) is 6.07 Å². The summed E-state index contributed by atoms with van der Waals surface area (Å²) in [5.41, 5.74) is -5.04. The van der Waals surface area contributed by atoms with Crippen molar-refractivity contribution >= 4 is 16.9 Å². The van der Waals surface area contributed by atoms with E-state index >= 15 is 0 Å². The molecule has 32 heavy (non-hydrogen) atoms. The van der Waals surface area contributed by atoms with Crippen molar-refractivity contribution < 1.29 is 35.9 Å². The average Bonchev–Trinajstić information content (AvgIpc) is 2.74. The van der Waals surface area contributed by atoms with Crippen LogP contribution in [0.15, 0.2) is 99.6 Å². The molecule has 0 aliphatic carbocycles. The molecule has 0 atom stereocenters. The summed E-state index contributed by atoms with van der Waals surface area (Å²) in [4.78, 5) is 14.6. The minimum Gasteiger partial charge on any atom is -0.436 e. The van der Waals surface area contributed by atoms with Gasteiger partial charge in [0.2, 0.25) is 0 Å². The molecule has 3 aromatic rings. The van der Waals surface area contributed by atoms with Crippen molar-refractivity contribution in [3.63, 3.8) is 0 Å². The maximum Gasteiger partial charge on any atom is 0.437 e. The topological polar surface area (TPSA) is 26.3 Å². The summed E-state index contributed by atoms with van der Waals surface area (Å²) in [6.07, 6.45) is -11.7. The van der Waals surface area contributed by atoms with Gasteiger partial charge in [0.25, 0.3) is 5.60 Å². The van der Waals surface area contributed by atoms with Crippen LogP contribution in [0.3, 0.4) is 0 Å². The molecule has 0 spiro atoms. The summed E-state index contributed by atoms with van der Waals surface area (Å²) < 4.78 is 82.8. The van der Waals surface area contributed by atoms with E-state index in [-0.39, 0.29) is 6.92 Å². The van der Waals surface area contributed by atoms with Gasteiger partial charge >= 0.3 is 18.3 Å². The third-order valence-corrected chi connectivity index (χ3v) is 6.85. The minimum atomic E-state index is -5.84. The molecule has 0 saturated carbocycles. The largest absolute Gasteiger partial charge is 0.437 e. The number of carbonyl (C=O) groups excluding carboxylic acids is 1. The second kappa shape index (κ2) is 8.90. The molecule has 3 rings (SSSR count). The van der Waals surface area contributed by atoms with Gasteiger partial charge in [-0.1, -0.05) is 42.5 Å². The molecular formula is C23H17F6O2S+. The fourth-order valence-corrected chi connectivity index (χ4v) is 4.93. The normalized spacial score (nSPS) is 12.6. The molecule has 0 aliphatic heterocycles. The molecule has 0 N–H and O–H groups in total. The Morgan fingerprint density at radius 1 is 0.688 bits per heavy atom. The van der Waals surface area contributed by atoms with Crippen LogP contribution in [0.5, 0.6) is 0 Å². The molecule has 0 aliphatic rings. The molecule has 0 fully saturated rings. The fourth-order valence-electron chi connectivity index (χ4n) is 2.79. The highest BCUT2D eigenvalue weighted by atomic mass is 32.2. The smallest absolute Gasteiger partial charge is 0.436 e. The Bertz CT molecular complexity index is 1010. The summed E-state index contributed by atoms with van der Waals surface area (Å²) >= 11 is 0. The van der Waals surface area contributed by atoms with Gasteiger partial charge in [0.15, 0.2) is 14.7 Å². The van der Waals surface area contributed by atoms with Crippen LogP contribution in [-0.4, -0.2) is 23.9 Å². The number of esters is 1. The van der Waals surface area contributed by atoms with E-state index in [0.29, 0.717) is 4.90 Å². The Labute approximate surface area is 183 Å². The highest BCUT2D eigenvalue weighted by Gasteiger charge is 2.71. The summed E-state index contributed by atoms with van der Waals surface area (Å²) in [6, 6.07) is 23.7. The molecular weight excluding hydrogens is 454 g/mol. The van der Waals surface area contributed by atoms with E-state index in [0.717, 1.165) is 15.9 Å². The standard InChI is InChI=1S/C23H17F6O2S/c1-21(22(24,25)26,23(27,28)29)31-20(30)16-9-8-14-19(15-16)32(17-10-4-2-5-11-17)18-12-6-3-7-13-18/h2-15H,1H3/q+1. The molecule has 0 heterocycles. The van der Waals surface area contributed by atoms with E-state index in [2.05, 4.69) is 4.74 Å². The lowest BCUT2D eigenvalue weighted by Crippen LogP contribution is -2.57. The van der Waals surface area contributed by atoms with Crippen molar-refractivity contribution in [2.75, 3.05) is 0 Å². The molecule has 2 nitrogen and oxygen atoms in total. The van der Waals surface area contributed by atoms with E-state index in [9.17, 15) is 31.1 Å². The number of carbonyl (C=O) groups is 1. The first-order valence-corrected chi connectivity index (χ1v) is 10.5. The van der Waals surface area contributed by atoms with Crippen molar-refractivity contribution in [2.24, 2.45) is 0 Å². The van der Waals surface area contributed by atoms with Crippen molar-refractivity contribution in [1.82, 2.24) is 0 Å². The third kappa shape index (κ3) is 4.77. The van der Waals surface area contributed by atoms with Gasteiger partial charge in [0.05, 0.1) is 16.5 Å². The SMILES string of the molecule is CC(OC(=O)c1cccc([S+](c2ccccc2)c2ccccc2)c1)(C(F)(F)F)C(F)(F)F. The molecule has 9 heteroatoms. The Kier molecular flexibility index (Phi) is 6.59. The Hall–Kier alpha value is -2.94. The van der Waals surface area contributed by atoms with Gasteiger partial charge < -0.3 is 4.74 Å². The van der Waals surface area contributed by atoms with Gasteiger partial charge in [0, 0.05) is 6.07 Å². The molecule has 0 unspecified atom stereocenters. The summed E-state index contributed by atoms with van der Waals surface area (Å²) in [7, 11) is -0.751. The van der Waals surface area contributed by atoms with Crippen molar-refractivity contribution in [2.45, 2.75) is 39.6 Å². The lowest BCUT2D eigenvalue weighted by atomic mass is 10.1. The predicted molar refractivity (Wildman–Crippen MR) is 107 cm³/mol. The first-order chi connectivity index (χ1) is 14.9. The number of benzene rings is 3. The molecule has 3 aromatic carbocycles. The zero-order valence-electron chi connectivity index (χ0n) is 16.6. The molecule has 0 saturated heterocycles. The number of rotatable bonds is 5. The van der Waals surface area contributed by atoms with E-state index < -0.39 is 40.4 Å². The number of alkyl halides is 6. The highest BCUT2D eigenvalue weighted by Crippen LogP contribution is 2.46. The van der Waals surface area contributed by atoms with Crippen LogP contribution < -0.4 is 0 Å². The molecule has 0 aromatic heterocycles. The van der Waals surface area contributed by atoms with Crippen LogP contribution in [-0.2, 0) is 15.6 Å². The summed E-state index contributed by atoms with van der Waals surface area (Å²) in [6.45, 7) is -0.201. The fraction of sp³-hybridized carbons (Fsp3) is 0.174. The third-order valence-electron chi connectivity index (χ3n) is 4.64. The predicted octanol–water partition coefficient (Wildman–Crippen LogP) is 6.82. The number of hydrogen-bond acceptors (Lipinski definition) is 2. The van der Waals surface area contributed by atoms with Gasteiger partial charge in [-0.15, -0.1) is 0 Å². The average molecular weight is 471 g/mol. The maximum atomic E-state index is 13.1. The van der Waals surface area contributed by atoms with E-state index in [1.165, 1.54) is 12.1 Å². The van der Waals surface area contributed by atoms with Crippen LogP contribution in [0.2, 0.25) is 0 Å². The minimum absolute atomic E-state index is 0.201. The zero-order valence-corrected chi connectivity index (χ0v) is 17.4. The molecule has 0 bridgehead atoms. The van der Waals surface area contributed by atoms with Gasteiger partial charge in [-0.05, 0) is 43.3 Å². The number of hydrogen-bond donors (Lipinski definition) is 0. The van der Waals surface area contributed by atoms with Gasteiger partial charge in [0.1, 0.15) is 0 Å². The second-order valence-corrected chi connectivity index (χ2v) is 8.90. The van der Waals surface area contributed by atoms with Crippen molar-refractivity contribution in [3.8, 4) is 0 Å². The Balaban J connectivity index is 2.02. The van der Waals surface area contributed by atoms with Crippen molar-refractivity contribution in [1.29, 1.82) is 0 Å². The van der Waals surface area contributed by atoms with E-state index in [4.69, 9.17) is 0 Å². The quantitative estimate of drug-likeness (QED) is 0.232. The lowest BCUT2D eigenvalue weighted by Gasteiger charge is -2.33. The lowest BCUT2D eigenvalue weighted by molar-refractivity contribution is -0.358. The van der Waals surface area contributed by atoms with Crippen LogP contribution in [0.4, 0.5) is 26.3 Å². The van der Waals surface area contributed by atoms with Gasteiger partial charge in [-0.3, -0.25) is 0 Å². The number of halogens is 6. The van der Waals surface area contributed by atoms with Crippen LogP contribution in [0, 0.1) is 0 Å². The zero-order chi connectivity index (χ0) is 23.6. The summed E-state index contributed by atoms with van der Waals surface area (Å²) in [5.74, 6) is -1.71. The first-order valence-electron chi connectivity index (χ1n) is 9.25. The molecule has 0 amide bonds. The van der Waals surface area contributed by atoms with Crippen LogP contribution in [0.1, 0.15) is 17.3 Å². The summed E-state index contributed by atoms with van der Waals surface area (Å²) in [5, 5.41) is 0. The maximum absolute atomic E-state index is 13.1. The van der Waals surface area contributed by atoms with Gasteiger partial charge in [-0.25, -0.2) is 4.79 Å². The van der Waals surface area contributed by atoms with Crippen LogP contribution >= 0.6 is 0 Å². The number of ether oxygens (including phenoxy) is 1. The first kappa shape index (κ1) is 23.7. The molecule has 0 radical (unpaired) electrons. The van der Waals surface area contributed by atoms with E-state index in [1.807, 2.05) is 60.7 Å². The van der Waals surface area contributed by atoms with Gasteiger partial charge in [-0.2, -0.15) is 26.3 Å². The Morgan fingerprint density at radius 2 is 1.12 bits per heavy atom. The second-order valence-electron chi connectivity index (χ2n) is 6.88. The monoisotopic (exact) mass is 471 g/mol. The van der Waals surface area contributed by atoms with Crippen LogP contribution in [0.25, 0.3) is 0 Å². The molecule has 168 valence electrons. The van der Waals surface area contributed by atoms with Crippen molar-refractivity contribution in [3.05, 3.63) is 90.5 Å². The highest BCUT2D eigenvalue weighted by molar-refractivity contribution is 7.97.